The van der Waals surface area contributed by atoms with Gasteiger partial charge in [0.2, 0.25) is 18.7 Å². The summed E-state index contributed by atoms with van der Waals surface area (Å²) >= 11 is 0. The van der Waals surface area contributed by atoms with Gasteiger partial charge in [0.15, 0.2) is 0 Å². The Morgan fingerprint density at radius 3 is 0.600 bits per heavy atom. The molecule has 0 rings (SSSR count). The van der Waals surface area contributed by atoms with Crippen molar-refractivity contribution in [3.05, 3.63) is 0 Å². The van der Waals surface area contributed by atoms with Crippen molar-refractivity contribution in [3.8, 4) is 0 Å². The van der Waals surface area contributed by atoms with E-state index in [2.05, 4.69) is 83.1 Å². The topological polar surface area (TPSA) is 44.8 Å². The van der Waals surface area contributed by atoms with E-state index < -0.39 is 7.82 Å². The van der Waals surface area contributed by atoms with Gasteiger partial charge in [0.25, 0.3) is 0 Å². The molecule has 0 aliphatic rings. The predicted octanol–water partition coefficient (Wildman–Crippen LogP) is 12.8. The molecule has 0 spiro atoms. The van der Waals surface area contributed by atoms with Crippen LogP contribution in [-0.2, 0) is 18.1 Å². The first kappa shape index (κ1) is 50.0. The Labute approximate surface area is 315 Å². The average molecular weight is 735 g/mol. The van der Waals surface area contributed by atoms with Gasteiger partial charge in [-0.3, -0.25) is 13.4 Å². The molecule has 0 aromatic heterocycles. The van der Waals surface area contributed by atoms with Crippen LogP contribution in [0.2, 0.25) is 0 Å². The maximum atomic E-state index is 15.8. The molecule has 0 bridgehead atoms. The largest absolute Gasteiger partial charge is 0.488 e. The molecular formula is C42H93N3O4P+3. The van der Waals surface area contributed by atoms with Crippen molar-refractivity contribution >= 4 is 7.82 Å². The quantitative estimate of drug-likeness (QED) is 0.0365. The maximum absolute atomic E-state index is 15.8. The highest BCUT2D eigenvalue weighted by atomic mass is 31.2. The maximum Gasteiger partial charge on any atom is 0.488 e. The van der Waals surface area contributed by atoms with Gasteiger partial charge in [-0.25, -0.2) is 18.1 Å². The van der Waals surface area contributed by atoms with E-state index in [9.17, 15) is 0 Å². The molecule has 0 N–H and O–H groups in total. The van der Waals surface area contributed by atoms with Crippen molar-refractivity contribution in [2.75, 3.05) is 58.9 Å². The summed E-state index contributed by atoms with van der Waals surface area (Å²) in [7, 11) is -4.01. The van der Waals surface area contributed by atoms with E-state index in [1.54, 1.807) is 0 Å². The van der Waals surface area contributed by atoms with Crippen LogP contribution in [0.25, 0.3) is 0 Å². The molecule has 8 heteroatoms. The fraction of sp³-hybridized carbons (Fsp3) is 1.00. The third-order valence-corrected chi connectivity index (χ3v) is 13.5. The summed E-state index contributed by atoms with van der Waals surface area (Å²) < 4.78 is 39.3. The standard InChI is InChI=1S/C42H93N3O4P/c1-13-22-31-43(32-23-14-2,33-24-15-3)40(10)47-50(46,48-41(11)44(34-25-16-4,35-26-17-5)36-27-18-6)49-42(12)45(37-28-19-7,38-29-20-8)39-30-21-9/h40-42H,13-39H2,1-12H3/q+3. The fourth-order valence-electron chi connectivity index (χ4n) is 7.83. The monoisotopic (exact) mass is 735 g/mol. The SMILES string of the molecule is CCCC[N+](CCCC)(CCCC)C(C)OP(=O)(OC(C)[N+](CCCC)(CCCC)CCCC)OC(C)[N+](CCCC)(CCCC)CCCC. The van der Waals surface area contributed by atoms with E-state index in [0.717, 1.165) is 188 Å². The lowest BCUT2D eigenvalue weighted by molar-refractivity contribution is -0.973. The molecule has 0 aliphatic heterocycles. The molecule has 302 valence electrons. The molecule has 0 heterocycles. The first-order chi connectivity index (χ1) is 23.9. The molecule has 0 radical (unpaired) electrons. The van der Waals surface area contributed by atoms with E-state index in [1.165, 1.54) is 0 Å². The van der Waals surface area contributed by atoms with Crippen molar-refractivity contribution < 1.29 is 31.6 Å². The molecular weight excluding hydrogens is 641 g/mol. The number of hydrogen-bond acceptors (Lipinski definition) is 4. The van der Waals surface area contributed by atoms with Crippen molar-refractivity contribution in [3.63, 3.8) is 0 Å². The summed E-state index contributed by atoms with van der Waals surface area (Å²) in [6.45, 7) is 36.4. The smallest absolute Gasteiger partial charge is 0.298 e. The van der Waals surface area contributed by atoms with Gasteiger partial charge in [-0.05, 0) is 57.8 Å². The van der Waals surface area contributed by atoms with Crippen molar-refractivity contribution in [1.29, 1.82) is 0 Å². The summed E-state index contributed by atoms with van der Waals surface area (Å²) in [4.78, 5) is 0. The van der Waals surface area contributed by atoms with Crippen LogP contribution in [0.3, 0.4) is 0 Å². The summed E-state index contributed by atoms with van der Waals surface area (Å²) in [5.41, 5.74) is 0. The molecule has 3 unspecified atom stereocenters. The van der Waals surface area contributed by atoms with Crippen LogP contribution < -0.4 is 0 Å². The van der Waals surface area contributed by atoms with E-state index >= 15 is 4.57 Å². The zero-order chi connectivity index (χ0) is 37.9. The van der Waals surface area contributed by atoms with Crippen molar-refractivity contribution in [1.82, 2.24) is 0 Å². The number of hydrogen-bond donors (Lipinski definition) is 0. The molecule has 0 aromatic rings. The summed E-state index contributed by atoms with van der Waals surface area (Å²) in [6.07, 6.45) is 19.6. The van der Waals surface area contributed by atoms with E-state index in [4.69, 9.17) is 13.6 Å². The van der Waals surface area contributed by atoms with Crippen molar-refractivity contribution in [2.24, 2.45) is 0 Å². The highest BCUT2D eigenvalue weighted by Gasteiger charge is 2.48. The van der Waals surface area contributed by atoms with Crippen LogP contribution >= 0.6 is 7.82 Å². The molecule has 0 amide bonds. The van der Waals surface area contributed by atoms with Crippen LogP contribution in [0.4, 0.5) is 0 Å². The highest BCUT2D eigenvalue weighted by molar-refractivity contribution is 7.48. The molecule has 0 fully saturated rings. The van der Waals surface area contributed by atoms with Gasteiger partial charge < -0.3 is 0 Å². The minimum absolute atomic E-state index is 0.280. The average Bonchev–Trinajstić information content (AvgIpc) is 3.10. The van der Waals surface area contributed by atoms with Gasteiger partial charge in [0.1, 0.15) is 0 Å². The van der Waals surface area contributed by atoms with E-state index in [0.29, 0.717) is 0 Å². The number of phosphoric acid groups is 1. The predicted molar refractivity (Wildman–Crippen MR) is 218 cm³/mol. The summed E-state index contributed by atoms with van der Waals surface area (Å²) in [6, 6.07) is 0. The van der Waals surface area contributed by atoms with Gasteiger partial charge in [-0.15, -0.1) is 0 Å². The van der Waals surface area contributed by atoms with Gasteiger partial charge in [0, 0.05) is 20.8 Å². The first-order valence-corrected chi connectivity index (χ1v) is 23.6. The van der Waals surface area contributed by atoms with Crippen LogP contribution in [0.15, 0.2) is 0 Å². The van der Waals surface area contributed by atoms with Gasteiger partial charge >= 0.3 is 7.82 Å². The van der Waals surface area contributed by atoms with Gasteiger partial charge in [0.05, 0.1) is 58.9 Å². The second-order valence-electron chi connectivity index (χ2n) is 15.9. The normalized spacial score (nSPS) is 16.0. The Balaban J connectivity index is 7.26. The summed E-state index contributed by atoms with van der Waals surface area (Å²) in [5.74, 6) is 0. The Morgan fingerprint density at radius 1 is 0.340 bits per heavy atom. The highest BCUT2D eigenvalue weighted by Crippen LogP contribution is 2.55. The zero-order valence-electron chi connectivity index (χ0n) is 36.2. The lowest BCUT2D eigenvalue weighted by atomic mass is 10.1. The molecule has 0 aromatic carbocycles. The minimum Gasteiger partial charge on any atom is -0.298 e. The van der Waals surface area contributed by atoms with Gasteiger partial charge in [-0.2, -0.15) is 0 Å². The van der Waals surface area contributed by atoms with Crippen LogP contribution in [-0.4, -0.2) is 91.0 Å². The second-order valence-corrected chi connectivity index (χ2v) is 17.4. The number of unbranched alkanes of at least 4 members (excludes halogenated alkanes) is 9. The van der Waals surface area contributed by atoms with E-state index in [-0.39, 0.29) is 18.7 Å². The Morgan fingerprint density at radius 2 is 0.480 bits per heavy atom. The van der Waals surface area contributed by atoms with Crippen LogP contribution in [0, 0.1) is 0 Å². The summed E-state index contributed by atoms with van der Waals surface area (Å²) in [5, 5.41) is 0. The number of nitrogens with zero attached hydrogens (tertiary/aromatic N) is 3. The number of phosphoric ester groups is 1. The lowest BCUT2D eigenvalue weighted by Gasteiger charge is -2.47. The van der Waals surface area contributed by atoms with Crippen LogP contribution in [0.5, 0.6) is 0 Å². The number of rotatable bonds is 36. The number of quaternary nitrogens is 3. The Bertz CT molecular complexity index is 674. The van der Waals surface area contributed by atoms with Crippen LogP contribution in [0.1, 0.15) is 199 Å². The molecule has 50 heavy (non-hydrogen) atoms. The molecule has 3 atom stereocenters. The fourth-order valence-corrected chi connectivity index (χ4v) is 9.70. The van der Waals surface area contributed by atoms with Gasteiger partial charge in [-0.1, -0.05) is 120 Å². The third kappa shape index (κ3) is 17.4. The Hall–Kier alpha value is -0.0100. The second kappa shape index (κ2) is 28.4. The van der Waals surface area contributed by atoms with Crippen molar-refractivity contribution in [2.45, 2.75) is 217 Å². The molecule has 0 saturated carbocycles. The first-order valence-electron chi connectivity index (χ1n) is 22.2. The van der Waals surface area contributed by atoms with E-state index in [1.807, 2.05) is 0 Å². The molecule has 0 aliphatic carbocycles. The lowest BCUT2D eigenvalue weighted by Crippen LogP contribution is -2.59. The zero-order valence-corrected chi connectivity index (χ0v) is 37.1. The molecule has 7 nitrogen and oxygen atoms in total. The molecule has 0 saturated heterocycles. The Kier molecular flexibility index (Phi) is 28.4. The minimum atomic E-state index is -4.01. The third-order valence-electron chi connectivity index (χ3n) is 11.8.